The molecule has 0 aliphatic carbocycles. The summed E-state index contributed by atoms with van der Waals surface area (Å²) >= 11 is 0. The van der Waals surface area contributed by atoms with Crippen LogP contribution in [0.15, 0.2) is 60.3 Å². The highest BCUT2D eigenvalue weighted by molar-refractivity contribution is 5.70. The zero-order valence-electron chi connectivity index (χ0n) is 19.1. The van der Waals surface area contributed by atoms with Crippen LogP contribution in [0.4, 0.5) is 0 Å². The number of carbonyl (C=O) groups is 2. The van der Waals surface area contributed by atoms with Crippen molar-refractivity contribution in [3.8, 4) is 0 Å². The first-order valence-corrected chi connectivity index (χ1v) is 11.2. The average molecular weight is 426 g/mol. The molecule has 0 N–H and O–H groups in total. The third kappa shape index (κ3) is 8.91. The maximum Gasteiger partial charge on any atom is 0.306 e. The number of carbonyl (C=O) groups excluding carboxylic acids is 2. The van der Waals surface area contributed by atoms with Gasteiger partial charge in [-0.25, -0.2) is 0 Å². The van der Waals surface area contributed by atoms with E-state index in [-0.39, 0.29) is 36.0 Å². The number of hydrogen-bond donors (Lipinski definition) is 0. The maximum absolute atomic E-state index is 12.4. The Bertz CT molecular complexity index is 797. The lowest BCUT2D eigenvalue weighted by Crippen LogP contribution is -2.26. The summed E-state index contributed by atoms with van der Waals surface area (Å²) in [4.78, 5) is 28.2. The highest BCUT2D eigenvalue weighted by Crippen LogP contribution is 2.22. The fourth-order valence-corrected chi connectivity index (χ4v) is 3.63. The molecule has 1 aliphatic rings. The Morgan fingerprint density at radius 1 is 1.23 bits per heavy atom. The van der Waals surface area contributed by atoms with E-state index in [1.165, 1.54) is 6.92 Å². The van der Waals surface area contributed by atoms with Crippen molar-refractivity contribution in [1.82, 2.24) is 4.98 Å². The van der Waals surface area contributed by atoms with Crippen molar-refractivity contribution in [3.63, 3.8) is 0 Å². The van der Waals surface area contributed by atoms with Crippen LogP contribution in [0, 0.1) is 5.92 Å². The number of pyridine rings is 1. The molecule has 168 valence electrons. The number of ether oxygens (including phenoxy) is 2. The van der Waals surface area contributed by atoms with Gasteiger partial charge in [0.25, 0.3) is 0 Å². The molecular formula is C26H35NO4. The molecule has 2 rings (SSSR count). The summed E-state index contributed by atoms with van der Waals surface area (Å²) in [5.74, 6) is -0.299. The Kier molecular flexibility index (Phi) is 10.2. The van der Waals surface area contributed by atoms with Crippen LogP contribution in [0.1, 0.15) is 71.4 Å². The Labute approximate surface area is 186 Å². The maximum atomic E-state index is 12.4. The van der Waals surface area contributed by atoms with E-state index >= 15 is 0 Å². The van der Waals surface area contributed by atoms with Gasteiger partial charge in [-0.15, -0.1) is 0 Å². The molecule has 0 radical (unpaired) electrons. The lowest BCUT2D eigenvalue weighted by atomic mass is 9.95. The van der Waals surface area contributed by atoms with Crippen LogP contribution in [0.2, 0.25) is 0 Å². The Morgan fingerprint density at radius 2 is 2.03 bits per heavy atom. The predicted molar refractivity (Wildman–Crippen MR) is 122 cm³/mol. The third-order valence-corrected chi connectivity index (χ3v) is 5.41. The summed E-state index contributed by atoms with van der Waals surface area (Å²) < 4.78 is 11.3. The van der Waals surface area contributed by atoms with Gasteiger partial charge < -0.3 is 9.47 Å². The fourth-order valence-electron chi connectivity index (χ4n) is 3.63. The first-order valence-electron chi connectivity index (χ1n) is 11.2. The molecule has 0 saturated heterocycles. The zero-order valence-corrected chi connectivity index (χ0v) is 19.1. The lowest BCUT2D eigenvalue weighted by molar-refractivity contribution is -0.148. The van der Waals surface area contributed by atoms with E-state index in [1.807, 2.05) is 56.4 Å². The number of rotatable bonds is 5. The molecule has 0 saturated carbocycles. The van der Waals surface area contributed by atoms with E-state index in [1.54, 1.807) is 6.20 Å². The Balaban J connectivity index is 2.15. The summed E-state index contributed by atoms with van der Waals surface area (Å²) in [7, 11) is 0. The molecule has 0 amide bonds. The van der Waals surface area contributed by atoms with E-state index in [2.05, 4.69) is 18.0 Å². The van der Waals surface area contributed by atoms with Gasteiger partial charge in [-0.05, 0) is 50.0 Å². The van der Waals surface area contributed by atoms with Crippen molar-refractivity contribution in [2.75, 3.05) is 0 Å². The monoisotopic (exact) mass is 425 g/mol. The number of nitrogens with zero attached hydrogens (tertiary/aromatic N) is 1. The predicted octanol–water partition coefficient (Wildman–Crippen LogP) is 5.69. The molecule has 1 unspecified atom stereocenters. The molecule has 0 aromatic carbocycles. The summed E-state index contributed by atoms with van der Waals surface area (Å²) in [5.41, 5.74) is 1.98. The Hall–Kier alpha value is -2.69. The van der Waals surface area contributed by atoms with Crippen LogP contribution in [0.25, 0.3) is 0 Å². The number of esters is 2. The van der Waals surface area contributed by atoms with Gasteiger partial charge in [0, 0.05) is 37.1 Å². The minimum Gasteiger partial charge on any atom is -0.458 e. The molecule has 2 heterocycles. The van der Waals surface area contributed by atoms with Crippen molar-refractivity contribution in [1.29, 1.82) is 0 Å². The first kappa shape index (κ1) is 24.6. The van der Waals surface area contributed by atoms with Gasteiger partial charge in [0.2, 0.25) is 0 Å². The van der Waals surface area contributed by atoms with Gasteiger partial charge in [0.05, 0.1) is 0 Å². The molecule has 0 spiro atoms. The van der Waals surface area contributed by atoms with Crippen molar-refractivity contribution in [2.45, 2.75) is 77.9 Å². The second-order valence-electron chi connectivity index (χ2n) is 8.24. The van der Waals surface area contributed by atoms with Gasteiger partial charge >= 0.3 is 11.9 Å². The van der Waals surface area contributed by atoms with Crippen LogP contribution in [0.3, 0.4) is 0 Å². The van der Waals surface area contributed by atoms with Gasteiger partial charge in [-0.1, -0.05) is 50.6 Å². The van der Waals surface area contributed by atoms with Crippen LogP contribution in [-0.4, -0.2) is 29.1 Å². The number of cyclic esters (lactones) is 1. The summed E-state index contributed by atoms with van der Waals surface area (Å²) in [6.45, 7) is 7.53. The normalized spacial score (nSPS) is 25.7. The molecule has 1 aromatic heterocycles. The van der Waals surface area contributed by atoms with E-state index < -0.39 is 0 Å². The molecule has 1 aromatic rings. The van der Waals surface area contributed by atoms with Crippen molar-refractivity contribution >= 4 is 11.9 Å². The second kappa shape index (κ2) is 12.9. The molecule has 1 aliphatic heterocycles. The van der Waals surface area contributed by atoms with E-state index in [0.29, 0.717) is 6.42 Å². The lowest BCUT2D eigenvalue weighted by Gasteiger charge is -2.24. The van der Waals surface area contributed by atoms with Crippen molar-refractivity contribution < 1.29 is 19.1 Å². The Morgan fingerprint density at radius 3 is 2.74 bits per heavy atom. The topological polar surface area (TPSA) is 65.5 Å². The zero-order chi connectivity index (χ0) is 22.6. The van der Waals surface area contributed by atoms with Crippen LogP contribution < -0.4 is 0 Å². The minimum absolute atomic E-state index is 0.0423. The van der Waals surface area contributed by atoms with Gasteiger partial charge in [-0.2, -0.15) is 0 Å². The van der Waals surface area contributed by atoms with Gasteiger partial charge in [0.15, 0.2) is 0 Å². The fraction of sp³-hybridized carbons (Fsp3) is 0.500. The third-order valence-electron chi connectivity index (χ3n) is 5.41. The molecule has 0 bridgehead atoms. The molecule has 4 atom stereocenters. The van der Waals surface area contributed by atoms with Crippen molar-refractivity contribution in [3.05, 3.63) is 66.0 Å². The van der Waals surface area contributed by atoms with E-state index in [0.717, 1.165) is 37.0 Å². The number of allylic oxidation sites excluding steroid dienone is 3. The van der Waals surface area contributed by atoms with Crippen LogP contribution in [0.5, 0.6) is 0 Å². The summed E-state index contributed by atoms with van der Waals surface area (Å²) in [5, 5.41) is 0. The summed E-state index contributed by atoms with van der Waals surface area (Å²) in [6.07, 6.45) is 15.0. The van der Waals surface area contributed by atoms with E-state index in [9.17, 15) is 9.59 Å². The smallest absolute Gasteiger partial charge is 0.306 e. The quantitative estimate of drug-likeness (QED) is 0.345. The second-order valence-corrected chi connectivity index (χ2v) is 8.24. The van der Waals surface area contributed by atoms with Crippen molar-refractivity contribution in [2.24, 2.45) is 5.92 Å². The molecule has 5 nitrogen and oxygen atoms in total. The highest BCUT2D eigenvalue weighted by Gasteiger charge is 2.22. The molecule has 31 heavy (non-hydrogen) atoms. The molecule has 0 fully saturated rings. The largest absolute Gasteiger partial charge is 0.458 e. The van der Waals surface area contributed by atoms with Gasteiger partial charge in [0.1, 0.15) is 12.2 Å². The van der Waals surface area contributed by atoms with Crippen LogP contribution >= 0.6 is 0 Å². The standard InChI is InChI=1S/C26H35NO4/c1-19(24-14-8-9-18-27-24)11-10-12-20(2)26-21(3)16-17-23(30-22(4)28)13-6-5-7-15-25(29)31-26/h8-12,14,16-19,21,23,26H,5-7,13,15H2,1-4H3/b11-10+,17-16+,20-12+/t19?,21-,23+,26+/m0/s1. The van der Waals surface area contributed by atoms with Crippen LogP contribution in [-0.2, 0) is 19.1 Å². The molecular weight excluding hydrogens is 390 g/mol. The molecule has 5 heteroatoms. The average Bonchev–Trinajstić information content (AvgIpc) is 2.74. The highest BCUT2D eigenvalue weighted by atomic mass is 16.5. The minimum atomic E-state index is -0.365. The SMILES string of the molecule is CC(=O)O[C@H]1/C=C/[C@H](C)[C@@H](/C(C)=C/C=C/C(C)c2ccccn2)OC(=O)CCCCC1. The first-order chi connectivity index (χ1) is 14.9. The summed E-state index contributed by atoms with van der Waals surface area (Å²) in [6, 6.07) is 5.89. The number of aromatic nitrogens is 1. The number of hydrogen-bond acceptors (Lipinski definition) is 5. The van der Waals surface area contributed by atoms with E-state index in [4.69, 9.17) is 9.47 Å². The van der Waals surface area contributed by atoms with Gasteiger partial charge in [-0.3, -0.25) is 14.6 Å².